The van der Waals surface area contributed by atoms with Crippen LogP contribution >= 0.6 is 0 Å². The maximum Gasteiger partial charge on any atom is 0.251 e. The summed E-state index contributed by atoms with van der Waals surface area (Å²) in [6.07, 6.45) is 3.47. The van der Waals surface area contributed by atoms with Crippen molar-refractivity contribution in [2.75, 3.05) is 0 Å². The van der Waals surface area contributed by atoms with Crippen molar-refractivity contribution in [2.24, 2.45) is 0 Å². The molecule has 1 heterocycles. The van der Waals surface area contributed by atoms with Gasteiger partial charge in [-0.2, -0.15) is 0 Å². The molecule has 0 radical (unpaired) electrons. The van der Waals surface area contributed by atoms with E-state index in [-0.39, 0.29) is 11.9 Å². The van der Waals surface area contributed by atoms with Crippen molar-refractivity contribution >= 4 is 5.91 Å². The molecule has 2 aromatic carbocycles. The molecule has 0 spiro atoms. The zero-order valence-corrected chi connectivity index (χ0v) is 14.1. The minimum Gasteiger partial charge on any atom is -0.489 e. The number of nitrogens with one attached hydrogen (secondary N) is 1. The van der Waals surface area contributed by atoms with Crippen molar-refractivity contribution in [3.8, 4) is 5.75 Å². The molecule has 3 aromatic rings. The Morgan fingerprint density at radius 1 is 1.08 bits per heavy atom. The highest BCUT2D eigenvalue weighted by atomic mass is 16.5. The van der Waals surface area contributed by atoms with Crippen LogP contribution in [0.2, 0.25) is 0 Å². The summed E-state index contributed by atoms with van der Waals surface area (Å²) >= 11 is 0. The molecule has 0 aliphatic rings. The van der Waals surface area contributed by atoms with Gasteiger partial charge in [0, 0.05) is 18.0 Å². The second-order valence-corrected chi connectivity index (χ2v) is 5.78. The van der Waals surface area contributed by atoms with Gasteiger partial charge in [0.25, 0.3) is 5.91 Å². The highest BCUT2D eigenvalue weighted by Gasteiger charge is 2.12. The van der Waals surface area contributed by atoms with Gasteiger partial charge in [0.2, 0.25) is 0 Å². The van der Waals surface area contributed by atoms with Crippen molar-refractivity contribution in [3.05, 3.63) is 95.8 Å². The summed E-state index contributed by atoms with van der Waals surface area (Å²) < 4.78 is 5.78. The molecule has 0 saturated heterocycles. The fourth-order valence-electron chi connectivity index (χ4n) is 2.46. The number of pyridine rings is 1. The lowest BCUT2D eigenvalue weighted by Gasteiger charge is -2.14. The second kappa shape index (κ2) is 8.11. The first-order valence-corrected chi connectivity index (χ1v) is 8.20. The van der Waals surface area contributed by atoms with Crippen LogP contribution < -0.4 is 10.1 Å². The molecule has 3 rings (SSSR count). The maximum absolute atomic E-state index is 12.5. The van der Waals surface area contributed by atoms with Gasteiger partial charge < -0.3 is 10.1 Å². The molecular formula is C21H20N2O2. The largest absolute Gasteiger partial charge is 0.489 e. The highest BCUT2D eigenvalue weighted by Crippen LogP contribution is 2.17. The van der Waals surface area contributed by atoms with E-state index in [1.807, 2.05) is 61.5 Å². The average Bonchev–Trinajstić information content (AvgIpc) is 2.68. The third kappa shape index (κ3) is 4.67. The van der Waals surface area contributed by atoms with Gasteiger partial charge in [-0.1, -0.05) is 42.5 Å². The summed E-state index contributed by atoms with van der Waals surface area (Å²) in [5.41, 5.74) is 2.62. The van der Waals surface area contributed by atoms with Crippen LogP contribution in [0.5, 0.6) is 5.75 Å². The monoisotopic (exact) mass is 332 g/mol. The Balaban J connectivity index is 1.63. The van der Waals surface area contributed by atoms with Crippen LogP contribution in [0.25, 0.3) is 0 Å². The Morgan fingerprint density at radius 3 is 2.68 bits per heavy atom. The molecule has 25 heavy (non-hydrogen) atoms. The Bertz CT molecular complexity index is 820. The topological polar surface area (TPSA) is 51.2 Å². The smallest absolute Gasteiger partial charge is 0.251 e. The van der Waals surface area contributed by atoms with Crippen LogP contribution in [0, 0.1) is 0 Å². The second-order valence-electron chi connectivity index (χ2n) is 5.78. The number of ether oxygens (including phenoxy) is 1. The SMILES string of the molecule is C[C@@H](NC(=O)c1cccc(OCc2ccccc2)c1)c1cccnc1. The van der Waals surface area contributed by atoms with Crippen molar-refractivity contribution in [1.82, 2.24) is 10.3 Å². The van der Waals surface area contributed by atoms with Gasteiger partial charge in [0.1, 0.15) is 12.4 Å². The number of nitrogens with zero attached hydrogens (tertiary/aromatic N) is 1. The highest BCUT2D eigenvalue weighted by molar-refractivity contribution is 5.94. The predicted octanol–water partition coefficient (Wildman–Crippen LogP) is 4.15. The van der Waals surface area contributed by atoms with E-state index in [0.717, 1.165) is 11.1 Å². The molecule has 1 N–H and O–H groups in total. The summed E-state index contributed by atoms with van der Waals surface area (Å²) in [6.45, 7) is 2.41. The molecule has 126 valence electrons. The number of rotatable bonds is 6. The number of hydrogen-bond donors (Lipinski definition) is 1. The van der Waals surface area contributed by atoms with Crippen LogP contribution in [-0.2, 0) is 6.61 Å². The molecule has 1 atom stereocenters. The molecule has 1 aromatic heterocycles. The molecule has 4 nitrogen and oxygen atoms in total. The molecule has 1 amide bonds. The van der Waals surface area contributed by atoms with Crippen LogP contribution in [0.3, 0.4) is 0 Å². The minimum atomic E-state index is -0.137. The Morgan fingerprint density at radius 2 is 1.92 bits per heavy atom. The van der Waals surface area contributed by atoms with Crippen molar-refractivity contribution in [1.29, 1.82) is 0 Å². The zero-order valence-electron chi connectivity index (χ0n) is 14.1. The first-order chi connectivity index (χ1) is 12.2. The van der Waals surface area contributed by atoms with Gasteiger partial charge in [-0.05, 0) is 42.3 Å². The first-order valence-electron chi connectivity index (χ1n) is 8.20. The molecular weight excluding hydrogens is 312 g/mol. The summed E-state index contributed by atoms with van der Waals surface area (Å²) in [7, 11) is 0. The number of carbonyl (C=O) groups excluding carboxylic acids is 1. The number of benzene rings is 2. The zero-order chi connectivity index (χ0) is 17.5. The standard InChI is InChI=1S/C21H20N2O2/c1-16(19-10-6-12-22-14-19)23-21(24)18-9-5-11-20(13-18)25-15-17-7-3-2-4-8-17/h2-14,16H,15H2,1H3,(H,23,24)/t16-/m1/s1. The van der Waals surface area contributed by atoms with E-state index < -0.39 is 0 Å². The average molecular weight is 332 g/mol. The van der Waals surface area contributed by atoms with Crippen LogP contribution in [0.1, 0.15) is 34.5 Å². The van der Waals surface area contributed by atoms with Gasteiger partial charge in [-0.15, -0.1) is 0 Å². The fraction of sp³-hybridized carbons (Fsp3) is 0.143. The van der Waals surface area contributed by atoms with Crippen molar-refractivity contribution in [2.45, 2.75) is 19.6 Å². The van der Waals surface area contributed by atoms with E-state index in [0.29, 0.717) is 17.9 Å². The number of carbonyl (C=O) groups is 1. The van der Waals surface area contributed by atoms with E-state index in [4.69, 9.17) is 4.74 Å². The summed E-state index contributed by atoms with van der Waals surface area (Å²) in [4.78, 5) is 16.5. The molecule has 4 heteroatoms. The van der Waals surface area contributed by atoms with Crippen molar-refractivity contribution < 1.29 is 9.53 Å². The predicted molar refractivity (Wildman–Crippen MR) is 97.3 cm³/mol. The van der Waals surface area contributed by atoms with Crippen molar-refractivity contribution in [3.63, 3.8) is 0 Å². The van der Waals surface area contributed by atoms with Gasteiger partial charge in [0.05, 0.1) is 6.04 Å². The lowest BCUT2D eigenvalue weighted by Crippen LogP contribution is -2.26. The van der Waals surface area contributed by atoms with E-state index in [9.17, 15) is 4.79 Å². The van der Waals surface area contributed by atoms with Crippen LogP contribution in [-0.4, -0.2) is 10.9 Å². The Kier molecular flexibility index (Phi) is 5.42. The normalized spacial score (nSPS) is 11.6. The lowest BCUT2D eigenvalue weighted by molar-refractivity contribution is 0.0939. The van der Waals surface area contributed by atoms with E-state index in [1.54, 1.807) is 24.5 Å². The van der Waals surface area contributed by atoms with Crippen LogP contribution in [0.15, 0.2) is 79.1 Å². The van der Waals surface area contributed by atoms with Gasteiger partial charge in [-0.3, -0.25) is 9.78 Å². The van der Waals surface area contributed by atoms with Gasteiger partial charge >= 0.3 is 0 Å². The maximum atomic E-state index is 12.5. The molecule has 0 bridgehead atoms. The third-order valence-electron chi connectivity index (χ3n) is 3.88. The summed E-state index contributed by atoms with van der Waals surface area (Å²) in [6, 6.07) is 20.8. The third-order valence-corrected chi connectivity index (χ3v) is 3.88. The lowest BCUT2D eigenvalue weighted by atomic mass is 10.1. The van der Waals surface area contributed by atoms with Gasteiger partial charge in [0.15, 0.2) is 0 Å². The molecule has 0 unspecified atom stereocenters. The number of hydrogen-bond acceptors (Lipinski definition) is 3. The van der Waals surface area contributed by atoms with E-state index in [2.05, 4.69) is 10.3 Å². The first kappa shape index (κ1) is 16.7. The molecule has 0 saturated carbocycles. The number of aromatic nitrogens is 1. The Hall–Kier alpha value is -3.14. The quantitative estimate of drug-likeness (QED) is 0.738. The van der Waals surface area contributed by atoms with Crippen LogP contribution in [0.4, 0.5) is 0 Å². The fourth-order valence-corrected chi connectivity index (χ4v) is 2.46. The molecule has 0 fully saturated rings. The summed E-state index contributed by atoms with van der Waals surface area (Å²) in [5.74, 6) is 0.534. The molecule has 0 aliphatic heterocycles. The number of amides is 1. The van der Waals surface area contributed by atoms with E-state index >= 15 is 0 Å². The van der Waals surface area contributed by atoms with Gasteiger partial charge in [-0.25, -0.2) is 0 Å². The Labute approximate surface area is 147 Å². The minimum absolute atomic E-state index is 0.116. The van der Waals surface area contributed by atoms with E-state index in [1.165, 1.54) is 0 Å². The molecule has 0 aliphatic carbocycles. The summed E-state index contributed by atoms with van der Waals surface area (Å²) in [5, 5.41) is 2.98.